The highest BCUT2D eigenvalue weighted by molar-refractivity contribution is 6.32. The summed E-state index contributed by atoms with van der Waals surface area (Å²) in [5.41, 5.74) is 2.20. The molecule has 2 atom stereocenters. The van der Waals surface area contributed by atoms with Gasteiger partial charge in [-0.15, -0.1) is 0 Å². The number of carbonyl (C=O) groups is 1. The molecule has 0 unspecified atom stereocenters. The van der Waals surface area contributed by atoms with Crippen molar-refractivity contribution < 1.29 is 9.90 Å². The molecule has 4 nitrogen and oxygen atoms in total. The number of benzene rings is 2. The van der Waals surface area contributed by atoms with Crippen molar-refractivity contribution in [3.8, 4) is 5.75 Å². The molecule has 0 bridgehead atoms. The van der Waals surface area contributed by atoms with Gasteiger partial charge in [0.05, 0.1) is 5.02 Å². The van der Waals surface area contributed by atoms with Gasteiger partial charge >= 0.3 is 0 Å². The average molecular weight is 375 g/mol. The van der Waals surface area contributed by atoms with Gasteiger partial charge in [-0.05, 0) is 49.7 Å². The van der Waals surface area contributed by atoms with E-state index in [2.05, 4.69) is 29.3 Å². The molecular formula is C21H27ClN2O2. The molecule has 2 rings (SSSR count). The van der Waals surface area contributed by atoms with E-state index >= 15 is 0 Å². The Morgan fingerprint density at radius 3 is 2.50 bits per heavy atom. The minimum absolute atomic E-state index is 0.0527. The van der Waals surface area contributed by atoms with Gasteiger partial charge in [0.1, 0.15) is 5.75 Å². The van der Waals surface area contributed by atoms with Crippen molar-refractivity contribution in [3.63, 3.8) is 0 Å². The van der Waals surface area contributed by atoms with Crippen molar-refractivity contribution in [2.24, 2.45) is 0 Å². The zero-order chi connectivity index (χ0) is 19.1. The molecule has 0 aromatic heterocycles. The Morgan fingerprint density at radius 2 is 1.88 bits per heavy atom. The summed E-state index contributed by atoms with van der Waals surface area (Å²) >= 11 is 5.99. The fourth-order valence-corrected chi connectivity index (χ4v) is 3.07. The molecular weight excluding hydrogens is 348 g/mol. The third-order valence-electron chi connectivity index (χ3n) is 4.61. The first-order valence-corrected chi connectivity index (χ1v) is 9.20. The molecule has 0 saturated heterocycles. The first-order chi connectivity index (χ1) is 12.4. The summed E-state index contributed by atoms with van der Waals surface area (Å²) in [5, 5.41) is 12.9. The van der Waals surface area contributed by atoms with Crippen LogP contribution in [0.15, 0.2) is 48.5 Å². The van der Waals surface area contributed by atoms with E-state index in [0.29, 0.717) is 18.0 Å². The summed E-state index contributed by atoms with van der Waals surface area (Å²) in [5.74, 6) is 0.321. The van der Waals surface area contributed by atoms with Crippen molar-refractivity contribution in [2.45, 2.75) is 31.7 Å². The molecule has 0 radical (unpaired) electrons. The number of halogens is 1. The zero-order valence-corrected chi connectivity index (χ0v) is 16.3. The fraction of sp³-hybridized carbons (Fsp3) is 0.381. The maximum Gasteiger partial charge on any atom is 0.220 e. The molecule has 0 heterocycles. The highest BCUT2D eigenvalue weighted by atomic mass is 35.5. The monoisotopic (exact) mass is 374 g/mol. The number of carbonyl (C=O) groups excluding carboxylic acids is 1. The van der Waals surface area contributed by atoms with Crippen LogP contribution in [0, 0.1) is 0 Å². The van der Waals surface area contributed by atoms with Crippen molar-refractivity contribution in [1.29, 1.82) is 0 Å². The van der Waals surface area contributed by atoms with Crippen LogP contribution in [0.5, 0.6) is 5.75 Å². The number of nitrogens with one attached hydrogen (secondary N) is 1. The van der Waals surface area contributed by atoms with Crippen molar-refractivity contribution >= 4 is 17.5 Å². The van der Waals surface area contributed by atoms with Crippen LogP contribution in [0.4, 0.5) is 0 Å². The van der Waals surface area contributed by atoms with Crippen LogP contribution in [0.25, 0.3) is 0 Å². The first kappa shape index (κ1) is 20.3. The van der Waals surface area contributed by atoms with Gasteiger partial charge in [0.25, 0.3) is 0 Å². The Morgan fingerprint density at radius 1 is 1.19 bits per heavy atom. The number of likely N-dealkylation sites (N-methyl/N-ethyl adjacent to an activating group) is 1. The summed E-state index contributed by atoms with van der Waals surface area (Å²) in [7, 11) is 3.98. The molecule has 26 heavy (non-hydrogen) atoms. The zero-order valence-electron chi connectivity index (χ0n) is 15.6. The molecule has 5 heteroatoms. The van der Waals surface area contributed by atoms with Gasteiger partial charge in [0.15, 0.2) is 0 Å². The highest BCUT2D eigenvalue weighted by Crippen LogP contribution is 2.24. The van der Waals surface area contributed by atoms with E-state index in [4.69, 9.17) is 11.6 Å². The molecule has 2 aromatic carbocycles. The number of hydrogen-bond acceptors (Lipinski definition) is 3. The van der Waals surface area contributed by atoms with E-state index in [1.54, 1.807) is 12.1 Å². The number of amides is 1. The number of phenolic OH excluding ortho intramolecular Hbond substituents is 1. The molecule has 1 amide bonds. The Labute approximate surface area is 160 Å². The second-order valence-corrected chi connectivity index (χ2v) is 7.33. The SMILES string of the molecule is C[C@H](CC(=O)NC[C@H](Cc1ccc(O)c(Cl)c1)N(C)C)c1ccccc1. The molecule has 140 valence electrons. The largest absolute Gasteiger partial charge is 0.506 e. The van der Waals surface area contributed by atoms with Crippen LogP contribution in [0.1, 0.15) is 30.4 Å². The van der Waals surface area contributed by atoms with Crippen molar-refractivity contribution in [3.05, 3.63) is 64.7 Å². The van der Waals surface area contributed by atoms with Crippen LogP contribution >= 0.6 is 11.6 Å². The standard InChI is InChI=1S/C21H27ClN2O2/c1-15(17-7-5-4-6-8-17)11-21(26)23-14-18(24(2)3)12-16-9-10-20(25)19(22)13-16/h4-10,13,15,18,25H,11-12,14H2,1-3H3,(H,23,26)/t15-,18+/m1/s1. The van der Waals surface area contributed by atoms with Crippen LogP contribution in [0.2, 0.25) is 5.02 Å². The maximum absolute atomic E-state index is 12.3. The van der Waals surface area contributed by atoms with Gasteiger partial charge in [-0.2, -0.15) is 0 Å². The van der Waals surface area contributed by atoms with E-state index in [0.717, 1.165) is 12.0 Å². The van der Waals surface area contributed by atoms with Gasteiger partial charge < -0.3 is 15.3 Å². The molecule has 0 spiro atoms. The smallest absolute Gasteiger partial charge is 0.220 e. The summed E-state index contributed by atoms with van der Waals surface area (Å²) in [6.45, 7) is 2.63. The highest BCUT2D eigenvalue weighted by Gasteiger charge is 2.16. The van der Waals surface area contributed by atoms with Crippen molar-refractivity contribution in [1.82, 2.24) is 10.2 Å². The summed E-state index contributed by atoms with van der Waals surface area (Å²) in [4.78, 5) is 14.4. The minimum atomic E-state index is 0.0527. The predicted octanol–water partition coefficient (Wildman–Crippen LogP) is 3.83. The normalized spacial score (nSPS) is 13.4. The second kappa shape index (κ2) is 9.60. The Bertz CT molecular complexity index is 719. The van der Waals surface area contributed by atoms with E-state index in [1.165, 1.54) is 5.56 Å². The summed E-state index contributed by atoms with van der Waals surface area (Å²) < 4.78 is 0. The predicted molar refractivity (Wildman–Crippen MR) is 107 cm³/mol. The van der Waals surface area contributed by atoms with Crippen LogP contribution in [-0.4, -0.2) is 42.6 Å². The number of nitrogens with zero attached hydrogens (tertiary/aromatic N) is 1. The summed E-state index contributed by atoms with van der Waals surface area (Å²) in [6.07, 6.45) is 1.21. The fourth-order valence-electron chi connectivity index (χ4n) is 2.87. The Balaban J connectivity index is 1.89. The molecule has 0 aliphatic heterocycles. The minimum Gasteiger partial charge on any atom is -0.506 e. The second-order valence-electron chi connectivity index (χ2n) is 6.93. The lowest BCUT2D eigenvalue weighted by atomic mass is 9.97. The van der Waals surface area contributed by atoms with Crippen LogP contribution in [-0.2, 0) is 11.2 Å². The lowest BCUT2D eigenvalue weighted by Gasteiger charge is -2.25. The molecule has 0 aliphatic carbocycles. The average Bonchev–Trinajstić information content (AvgIpc) is 2.62. The summed E-state index contributed by atoms with van der Waals surface area (Å²) in [6, 6.07) is 15.4. The van der Waals surface area contributed by atoms with Gasteiger partial charge in [-0.25, -0.2) is 0 Å². The molecule has 0 saturated carbocycles. The number of aromatic hydroxyl groups is 1. The molecule has 0 aliphatic rings. The number of phenols is 1. The van der Waals surface area contributed by atoms with Crippen molar-refractivity contribution in [2.75, 3.05) is 20.6 Å². The third kappa shape index (κ3) is 6.04. The van der Waals surface area contributed by atoms with Gasteiger partial charge in [-0.1, -0.05) is 54.9 Å². The third-order valence-corrected chi connectivity index (χ3v) is 4.91. The first-order valence-electron chi connectivity index (χ1n) is 8.82. The van der Waals surface area contributed by atoms with E-state index in [1.807, 2.05) is 38.4 Å². The van der Waals surface area contributed by atoms with Gasteiger partial charge in [0.2, 0.25) is 5.91 Å². The van der Waals surface area contributed by atoms with Gasteiger partial charge in [0, 0.05) is 19.0 Å². The van der Waals surface area contributed by atoms with E-state index in [9.17, 15) is 9.90 Å². The quantitative estimate of drug-likeness (QED) is 0.738. The van der Waals surface area contributed by atoms with Crippen LogP contribution < -0.4 is 5.32 Å². The molecule has 2 aromatic rings. The maximum atomic E-state index is 12.3. The Hall–Kier alpha value is -2.04. The Kier molecular flexibility index (Phi) is 7.49. The van der Waals surface area contributed by atoms with E-state index in [-0.39, 0.29) is 23.6 Å². The number of hydrogen-bond donors (Lipinski definition) is 2. The number of rotatable bonds is 8. The lowest BCUT2D eigenvalue weighted by molar-refractivity contribution is -0.121. The molecule has 2 N–H and O–H groups in total. The topological polar surface area (TPSA) is 52.6 Å². The van der Waals surface area contributed by atoms with Gasteiger partial charge in [-0.3, -0.25) is 4.79 Å². The van der Waals surface area contributed by atoms with E-state index < -0.39 is 0 Å². The van der Waals surface area contributed by atoms with Crippen LogP contribution in [0.3, 0.4) is 0 Å². The lowest BCUT2D eigenvalue weighted by Crippen LogP contribution is -2.41. The molecule has 0 fully saturated rings.